The first-order valence-electron chi connectivity index (χ1n) is 8.67. The highest BCUT2D eigenvalue weighted by Gasteiger charge is 2.54. The van der Waals surface area contributed by atoms with Crippen LogP contribution >= 0.6 is 0 Å². The predicted molar refractivity (Wildman–Crippen MR) is 99.2 cm³/mol. The van der Waals surface area contributed by atoms with Gasteiger partial charge < -0.3 is 15.4 Å². The zero-order chi connectivity index (χ0) is 19.5. The van der Waals surface area contributed by atoms with E-state index in [2.05, 4.69) is 15.7 Å². The van der Waals surface area contributed by atoms with Crippen LogP contribution in [0.25, 0.3) is 5.69 Å². The minimum absolute atomic E-state index is 0.114. The van der Waals surface area contributed by atoms with Gasteiger partial charge in [0.1, 0.15) is 22.8 Å². The van der Waals surface area contributed by atoms with Gasteiger partial charge in [-0.25, -0.2) is 9.07 Å². The molecule has 5 rings (SSSR count). The number of nitrogens with one attached hydrogen (secondary N) is 2. The molecular weight excluding hydrogens is 363 g/mol. The number of aromatic nitrogens is 2. The lowest BCUT2D eigenvalue weighted by Gasteiger charge is -2.31. The second kappa shape index (κ2) is 5.66. The highest BCUT2D eigenvalue weighted by molar-refractivity contribution is 6.14. The van der Waals surface area contributed by atoms with Crippen molar-refractivity contribution in [3.8, 4) is 11.4 Å². The first kappa shape index (κ1) is 16.5. The topological polar surface area (TPSA) is 85.2 Å². The van der Waals surface area contributed by atoms with Crippen molar-refractivity contribution in [1.29, 1.82) is 0 Å². The third kappa shape index (κ3) is 2.11. The summed E-state index contributed by atoms with van der Waals surface area (Å²) in [4.78, 5) is 25.6. The van der Waals surface area contributed by atoms with Gasteiger partial charge in [-0.15, -0.1) is 0 Å². The van der Waals surface area contributed by atoms with E-state index in [0.29, 0.717) is 34.1 Å². The van der Waals surface area contributed by atoms with E-state index in [0.717, 1.165) is 0 Å². The van der Waals surface area contributed by atoms with Crippen molar-refractivity contribution in [3.05, 3.63) is 65.6 Å². The fourth-order valence-electron chi connectivity index (χ4n) is 3.99. The second-order valence-electron chi connectivity index (χ2n) is 6.79. The quantitative estimate of drug-likeness (QED) is 0.718. The first-order chi connectivity index (χ1) is 13.5. The largest absolute Gasteiger partial charge is 0.497 e. The second-order valence-corrected chi connectivity index (χ2v) is 6.79. The van der Waals surface area contributed by atoms with Crippen LogP contribution in [0.15, 0.2) is 48.7 Å². The molecule has 0 fully saturated rings. The van der Waals surface area contributed by atoms with Crippen molar-refractivity contribution in [2.45, 2.75) is 11.8 Å². The molecule has 0 saturated carbocycles. The average molecular weight is 378 g/mol. The van der Waals surface area contributed by atoms with Crippen LogP contribution in [0, 0.1) is 5.82 Å². The molecule has 0 aliphatic carbocycles. The molecule has 1 aromatic heterocycles. The van der Waals surface area contributed by atoms with E-state index in [-0.39, 0.29) is 18.2 Å². The zero-order valence-corrected chi connectivity index (χ0v) is 14.8. The number of carbonyl (C=O) groups excluding carboxylic acids is 2. The molecular formula is C20H15FN4O3. The van der Waals surface area contributed by atoms with Gasteiger partial charge in [-0.3, -0.25) is 9.59 Å². The van der Waals surface area contributed by atoms with E-state index in [1.807, 2.05) is 0 Å². The summed E-state index contributed by atoms with van der Waals surface area (Å²) in [6.07, 6.45) is 1.44. The van der Waals surface area contributed by atoms with Crippen LogP contribution in [0.2, 0.25) is 0 Å². The van der Waals surface area contributed by atoms with Gasteiger partial charge in [-0.05, 0) is 48.0 Å². The van der Waals surface area contributed by atoms with E-state index < -0.39 is 11.2 Å². The summed E-state index contributed by atoms with van der Waals surface area (Å²) in [6.45, 7) is 0. The van der Waals surface area contributed by atoms with Crippen molar-refractivity contribution < 1.29 is 18.7 Å². The molecule has 2 N–H and O–H groups in total. The van der Waals surface area contributed by atoms with Gasteiger partial charge in [0.15, 0.2) is 0 Å². The average Bonchev–Trinajstić information content (AvgIpc) is 3.22. The fraction of sp³-hybridized carbons (Fsp3) is 0.150. The zero-order valence-electron chi connectivity index (χ0n) is 14.8. The summed E-state index contributed by atoms with van der Waals surface area (Å²) < 4.78 is 20.7. The third-order valence-corrected chi connectivity index (χ3v) is 5.31. The molecule has 1 unspecified atom stereocenters. The van der Waals surface area contributed by atoms with Crippen LogP contribution in [-0.2, 0) is 15.0 Å². The van der Waals surface area contributed by atoms with Crippen LogP contribution < -0.4 is 15.4 Å². The SMILES string of the molecule is COc1ccc(-n2ncc3c2NC(=O)CC32C(=O)Nc3ccc(F)cc32)cc1. The molecule has 1 spiro atoms. The van der Waals surface area contributed by atoms with E-state index in [1.54, 1.807) is 42.3 Å². The summed E-state index contributed by atoms with van der Waals surface area (Å²) in [7, 11) is 1.57. The van der Waals surface area contributed by atoms with Crippen LogP contribution in [-0.4, -0.2) is 28.7 Å². The standard InChI is InChI=1S/C20H15FN4O3/c1-28-13-5-3-12(4-6-13)25-18-15(10-22-25)20(9-17(26)24-18)14-8-11(21)2-7-16(14)23-19(20)27/h2-8,10H,9H2,1H3,(H,23,27)(H,24,26). The summed E-state index contributed by atoms with van der Waals surface area (Å²) in [5.74, 6) is -0.0864. The summed E-state index contributed by atoms with van der Waals surface area (Å²) >= 11 is 0. The predicted octanol–water partition coefficient (Wildman–Crippen LogP) is 2.60. The molecule has 0 radical (unpaired) electrons. The molecule has 2 aliphatic rings. The lowest BCUT2D eigenvalue weighted by atomic mass is 9.72. The third-order valence-electron chi connectivity index (χ3n) is 5.31. The number of rotatable bonds is 2. The Hall–Kier alpha value is -3.68. The molecule has 8 heteroatoms. The number of amides is 2. The fourth-order valence-corrected chi connectivity index (χ4v) is 3.99. The monoisotopic (exact) mass is 378 g/mol. The maximum Gasteiger partial charge on any atom is 0.240 e. The Labute approximate surface area is 159 Å². The minimum atomic E-state index is -1.31. The van der Waals surface area contributed by atoms with Crippen molar-refractivity contribution >= 4 is 23.3 Å². The maximum absolute atomic E-state index is 14.0. The number of fused-ring (bicyclic) bond motifs is 4. The molecule has 1 atom stereocenters. The molecule has 0 saturated heterocycles. The number of hydrogen-bond donors (Lipinski definition) is 2. The van der Waals surface area contributed by atoms with Gasteiger partial charge in [0.05, 0.1) is 19.0 Å². The van der Waals surface area contributed by atoms with Crippen molar-refractivity contribution in [2.75, 3.05) is 17.7 Å². The minimum Gasteiger partial charge on any atom is -0.497 e. The van der Waals surface area contributed by atoms with E-state index >= 15 is 0 Å². The number of hydrogen-bond acceptors (Lipinski definition) is 4. The number of nitrogens with zero attached hydrogens (tertiary/aromatic N) is 2. The molecule has 140 valence electrons. The van der Waals surface area contributed by atoms with Crippen molar-refractivity contribution in [2.24, 2.45) is 0 Å². The van der Waals surface area contributed by atoms with Gasteiger partial charge in [0.2, 0.25) is 11.8 Å². The Morgan fingerprint density at radius 3 is 2.64 bits per heavy atom. The molecule has 3 heterocycles. The van der Waals surface area contributed by atoms with Crippen LogP contribution in [0.1, 0.15) is 17.5 Å². The number of methoxy groups -OCH3 is 1. The Balaban J connectivity index is 1.72. The molecule has 3 aromatic rings. The Kier molecular flexibility index (Phi) is 3.33. The summed E-state index contributed by atoms with van der Waals surface area (Å²) in [5, 5.41) is 9.97. The number of halogens is 1. The lowest BCUT2D eigenvalue weighted by molar-refractivity contribution is -0.125. The molecule has 7 nitrogen and oxygen atoms in total. The van der Waals surface area contributed by atoms with E-state index in [4.69, 9.17) is 4.74 Å². The Bertz CT molecular complexity index is 1140. The molecule has 2 aliphatic heterocycles. The smallest absolute Gasteiger partial charge is 0.240 e. The lowest BCUT2D eigenvalue weighted by Crippen LogP contribution is -2.43. The molecule has 2 amide bonds. The normalized spacial score (nSPS) is 19.8. The van der Waals surface area contributed by atoms with Gasteiger partial charge in [-0.2, -0.15) is 5.10 Å². The van der Waals surface area contributed by atoms with E-state index in [1.165, 1.54) is 18.2 Å². The molecule has 2 aromatic carbocycles. The summed E-state index contributed by atoms with van der Waals surface area (Å²) in [5.41, 5.74) is 0.869. The Morgan fingerprint density at radius 2 is 1.89 bits per heavy atom. The number of anilines is 2. The van der Waals surface area contributed by atoms with Crippen LogP contribution in [0.3, 0.4) is 0 Å². The first-order valence-corrected chi connectivity index (χ1v) is 8.67. The summed E-state index contributed by atoms with van der Waals surface area (Å²) in [6, 6.07) is 11.2. The van der Waals surface area contributed by atoms with Gasteiger partial charge in [0.25, 0.3) is 0 Å². The van der Waals surface area contributed by atoms with Crippen LogP contribution in [0.4, 0.5) is 15.9 Å². The molecule has 0 bridgehead atoms. The highest BCUT2D eigenvalue weighted by atomic mass is 19.1. The maximum atomic E-state index is 14.0. The number of ether oxygens (including phenoxy) is 1. The molecule has 28 heavy (non-hydrogen) atoms. The number of benzene rings is 2. The van der Waals surface area contributed by atoms with Gasteiger partial charge in [0, 0.05) is 17.7 Å². The van der Waals surface area contributed by atoms with E-state index in [9.17, 15) is 14.0 Å². The van der Waals surface area contributed by atoms with Gasteiger partial charge >= 0.3 is 0 Å². The number of carbonyl (C=O) groups is 2. The van der Waals surface area contributed by atoms with Crippen molar-refractivity contribution in [3.63, 3.8) is 0 Å². The van der Waals surface area contributed by atoms with Crippen LogP contribution in [0.5, 0.6) is 5.75 Å². The van der Waals surface area contributed by atoms with Crippen molar-refractivity contribution in [1.82, 2.24) is 9.78 Å². The Morgan fingerprint density at radius 1 is 1.11 bits per heavy atom. The highest BCUT2D eigenvalue weighted by Crippen LogP contribution is 2.50. The van der Waals surface area contributed by atoms with Gasteiger partial charge in [-0.1, -0.05) is 0 Å².